The Morgan fingerprint density at radius 1 is 0.558 bits per heavy atom. The highest BCUT2D eigenvalue weighted by Crippen LogP contribution is 2.41. The molecule has 0 amide bonds. The van der Waals surface area contributed by atoms with Crippen molar-refractivity contribution in [1.82, 2.24) is 0 Å². The van der Waals surface area contributed by atoms with Crippen LogP contribution < -0.4 is 19.6 Å². The molecule has 0 unspecified atom stereocenters. The Hall–Kier alpha value is -6.96. The predicted octanol–water partition coefficient (Wildman–Crippen LogP) is -3.03. The molecule has 4 aliphatic rings. The lowest BCUT2D eigenvalue weighted by atomic mass is 9.97. The van der Waals surface area contributed by atoms with Gasteiger partial charge in [0.2, 0.25) is 17.5 Å². The highest BCUT2D eigenvalue weighted by Gasteiger charge is 2.52. The number of rotatable bonds is 16. The summed E-state index contributed by atoms with van der Waals surface area (Å²) in [5, 5.41) is 194. The topological polar surface area (TPSA) is 515 Å². The van der Waals surface area contributed by atoms with Crippen LogP contribution in [0.5, 0.6) is 57.5 Å². The summed E-state index contributed by atoms with van der Waals surface area (Å²) in [7, 11) is 1.40. The molecule has 4 fully saturated rings. The number of phenolic OH excluding ortho intramolecular Hbond substituents is 7. The standard InChI is InChI=1S/C28H36O15.C27H30O16/c1-11-21(34)23(36)26(28(40-11)43-25-24(37)22(35)19(10-29)42-27(25)38)41-13-8-16(32)20(17(33)9-13)14(30)5-3-12-4-6-18(39-2)15(31)7-12;1-8-17(32)20(35)22(37)26(40-8)39-7-15-18(33)21(36)23(38)27(42-15)43-25-19(34)16-13(31)5-10(28)6-14(16)41-24(25)9-2-3-11(29)12(30)4-9/h4,6-9,11,19,21-29,31-38H,3,5,10H2,1-2H3;2-6,8,15,17-18,20-23,26-33,35-38H,7H2,1H3/t11-,19+,21-,22+,23+,24-,25+,26+,27+,28-;8-,15+,17-,18+,20+,21-,22+,23+,26+,27-/m00/s1. The van der Waals surface area contributed by atoms with Crippen molar-refractivity contribution in [3.05, 3.63) is 82.0 Å². The van der Waals surface area contributed by atoms with E-state index in [1.807, 2.05) is 0 Å². The lowest BCUT2D eigenvalue weighted by molar-refractivity contribution is -0.356. The number of methoxy groups -OCH3 is 1. The van der Waals surface area contributed by atoms with Gasteiger partial charge in [-0.1, -0.05) is 6.07 Å². The minimum atomic E-state index is -1.97. The molecule has 0 saturated carbocycles. The number of aliphatic hydroxyl groups excluding tert-OH is 12. The summed E-state index contributed by atoms with van der Waals surface area (Å²) in [4.78, 5) is 26.4. The number of carbonyl (C=O) groups is 1. The Labute approximate surface area is 485 Å². The molecule has 31 nitrogen and oxygen atoms in total. The fourth-order valence-corrected chi connectivity index (χ4v) is 9.82. The van der Waals surface area contributed by atoms with Crippen molar-refractivity contribution in [2.45, 2.75) is 150 Å². The van der Waals surface area contributed by atoms with E-state index in [0.29, 0.717) is 5.56 Å². The molecule has 1 aromatic heterocycles. The first kappa shape index (κ1) is 65.0. The van der Waals surface area contributed by atoms with Gasteiger partial charge < -0.3 is 144 Å². The molecule has 19 N–H and O–H groups in total. The number of phenols is 7. The number of aromatic hydroxyl groups is 7. The second-order valence-electron chi connectivity index (χ2n) is 20.6. The fraction of sp³-hybridized carbons (Fsp3) is 0.491. The van der Waals surface area contributed by atoms with Crippen LogP contribution in [-0.2, 0) is 34.8 Å². The van der Waals surface area contributed by atoms with Gasteiger partial charge in [-0.25, -0.2) is 0 Å². The molecule has 4 aromatic carbocycles. The molecule has 9 rings (SSSR count). The first-order valence-electron chi connectivity index (χ1n) is 26.5. The Bertz CT molecular complexity index is 3210. The van der Waals surface area contributed by atoms with Crippen LogP contribution in [0, 0.1) is 0 Å². The third-order valence-electron chi connectivity index (χ3n) is 14.7. The monoisotopic (exact) mass is 1220 g/mol. The minimum absolute atomic E-state index is 0.0313. The molecule has 472 valence electrons. The van der Waals surface area contributed by atoms with E-state index in [1.165, 1.54) is 39.2 Å². The summed E-state index contributed by atoms with van der Waals surface area (Å²) < 4.78 is 54.8. The van der Waals surface area contributed by atoms with Gasteiger partial charge in [0.1, 0.15) is 125 Å². The molecule has 0 radical (unpaired) electrons. The number of ketones is 1. The third kappa shape index (κ3) is 13.6. The summed E-state index contributed by atoms with van der Waals surface area (Å²) in [5.74, 6) is -5.38. The zero-order valence-corrected chi connectivity index (χ0v) is 45.5. The van der Waals surface area contributed by atoms with E-state index in [2.05, 4.69) is 0 Å². The number of aliphatic hydroxyl groups is 12. The smallest absolute Gasteiger partial charge is 0.239 e. The molecule has 20 atom stereocenters. The second-order valence-corrected chi connectivity index (χ2v) is 20.6. The van der Waals surface area contributed by atoms with E-state index in [1.54, 1.807) is 6.07 Å². The molecule has 5 heterocycles. The van der Waals surface area contributed by atoms with E-state index in [-0.39, 0.29) is 41.2 Å². The van der Waals surface area contributed by atoms with Crippen LogP contribution in [-0.4, -0.2) is 246 Å². The summed E-state index contributed by atoms with van der Waals surface area (Å²) >= 11 is 0. The molecule has 31 heteroatoms. The van der Waals surface area contributed by atoms with Crippen molar-refractivity contribution >= 4 is 16.8 Å². The van der Waals surface area contributed by atoms with Gasteiger partial charge in [0.15, 0.2) is 59.5 Å². The molecule has 4 saturated heterocycles. The van der Waals surface area contributed by atoms with Gasteiger partial charge in [0.25, 0.3) is 0 Å². The SMILES string of the molecule is COc1ccc(CCC(=O)c2c(O)cc(O[C@H]3[C@H](O[C@@H]4[C@@H](O)[C@H](O)[C@@H](CO)O[C@H]4O)O[C@@H](C)[C@H](O)[C@H]3O)cc2O)cc1O.C[C@@H]1O[C@@H](OC[C@H]2O[C@@H](Oc3c(-c4ccc(O)c(O)c4)oc4cc(O)cc(O)c4c3=O)[C@H](O)[C@@H](O)[C@@H]2O)[C@H](O)[C@H](O)[C@H]1O. The number of hydrogen-bond donors (Lipinski definition) is 19. The molecule has 5 aromatic rings. The molecule has 0 aliphatic carbocycles. The average molecular weight is 1220 g/mol. The lowest BCUT2D eigenvalue weighted by Gasteiger charge is -2.45. The van der Waals surface area contributed by atoms with Crippen LogP contribution in [0.4, 0.5) is 0 Å². The number of Topliss-reactive ketones (excluding diaryl/α,β-unsaturated/α-hetero) is 1. The Kier molecular flexibility index (Phi) is 20.4. The van der Waals surface area contributed by atoms with Gasteiger partial charge in [0, 0.05) is 36.2 Å². The quantitative estimate of drug-likeness (QED) is 0.0345. The molecular weight excluding hydrogens is 1160 g/mol. The predicted molar refractivity (Wildman–Crippen MR) is 283 cm³/mol. The largest absolute Gasteiger partial charge is 0.508 e. The summed E-state index contributed by atoms with van der Waals surface area (Å²) in [6.45, 7) is 1.53. The highest BCUT2D eigenvalue weighted by molar-refractivity contribution is 6.01. The fourth-order valence-electron chi connectivity index (χ4n) is 9.82. The van der Waals surface area contributed by atoms with Gasteiger partial charge >= 0.3 is 0 Å². The number of hydrogen-bond acceptors (Lipinski definition) is 31. The number of benzene rings is 4. The van der Waals surface area contributed by atoms with Crippen LogP contribution >= 0.6 is 0 Å². The van der Waals surface area contributed by atoms with Gasteiger partial charge in [0.05, 0.1) is 32.5 Å². The normalized spacial score (nSPS) is 32.9. The van der Waals surface area contributed by atoms with Gasteiger partial charge in [-0.3, -0.25) is 9.59 Å². The van der Waals surface area contributed by atoms with Crippen LogP contribution in [0.1, 0.15) is 36.2 Å². The van der Waals surface area contributed by atoms with Crippen molar-refractivity contribution in [1.29, 1.82) is 0 Å². The Morgan fingerprint density at radius 2 is 1.17 bits per heavy atom. The van der Waals surface area contributed by atoms with Crippen molar-refractivity contribution in [2.75, 3.05) is 20.3 Å². The Morgan fingerprint density at radius 3 is 1.81 bits per heavy atom. The Balaban J connectivity index is 0.000000223. The second kappa shape index (κ2) is 27.0. The van der Waals surface area contributed by atoms with Crippen LogP contribution in [0.25, 0.3) is 22.3 Å². The van der Waals surface area contributed by atoms with Gasteiger partial charge in [-0.05, 0) is 56.2 Å². The molecular formula is C55H66O31. The number of carbonyl (C=O) groups excluding carboxylic acids is 1. The van der Waals surface area contributed by atoms with E-state index >= 15 is 0 Å². The van der Waals surface area contributed by atoms with Gasteiger partial charge in [-0.15, -0.1) is 0 Å². The molecule has 86 heavy (non-hydrogen) atoms. The summed E-state index contributed by atoms with van der Waals surface area (Å²) in [6, 6.07) is 11.8. The number of ether oxygens (including phenoxy) is 9. The van der Waals surface area contributed by atoms with E-state index in [9.17, 15) is 107 Å². The maximum Gasteiger partial charge on any atom is 0.239 e. The van der Waals surface area contributed by atoms with Crippen LogP contribution in [0.15, 0.2) is 69.9 Å². The van der Waals surface area contributed by atoms with Crippen LogP contribution in [0.2, 0.25) is 0 Å². The third-order valence-corrected chi connectivity index (χ3v) is 14.7. The van der Waals surface area contributed by atoms with Crippen LogP contribution in [0.3, 0.4) is 0 Å². The average Bonchev–Trinajstić information content (AvgIpc) is 1.07. The van der Waals surface area contributed by atoms with Crippen molar-refractivity contribution in [2.24, 2.45) is 0 Å². The molecule has 4 aliphatic heterocycles. The van der Waals surface area contributed by atoms with Crippen molar-refractivity contribution in [3.8, 4) is 68.8 Å². The highest BCUT2D eigenvalue weighted by atomic mass is 16.8. The first-order valence-corrected chi connectivity index (χ1v) is 26.5. The minimum Gasteiger partial charge on any atom is -0.508 e. The van der Waals surface area contributed by atoms with E-state index in [4.69, 9.17) is 47.0 Å². The van der Waals surface area contributed by atoms with Gasteiger partial charge in [-0.2, -0.15) is 0 Å². The molecule has 0 spiro atoms. The number of aryl methyl sites for hydroxylation is 1. The lowest BCUT2D eigenvalue weighted by Crippen LogP contribution is -2.64. The van der Waals surface area contributed by atoms with E-state index in [0.717, 1.165) is 36.4 Å². The molecule has 0 bridgehead atoms. The van der Waals surface area contributed by atoms with Crippen molar-refractivity contribution in [3.63, 3.8) is 0 Å². The summed E-state index contributed by atoms with van der Waals surface area (Å²) in [5.41, 5.74) is -1.14. The first-order chi connectivity index (χ1) is 40.6. The van der Waals surface area contributed by atoms with E-state index < -0.39 is 204 Å². The maximum atomic E-state index is 13.6. The zero-order chi connectivity index (χ0) is 62.9. The van der Waals surface area contributed by atoms with Crippen molar-refractivity contribution < 1.29 is 149 Å². The maximum absolute atomic E-state index is 13.6. The summed E-state index contributed by atoms with van der Waals surface area (Å²) in [6.07, 6.45) is -31.7. The number of fused-ring (bicyclic) bond motifs is 1. The zero-order valence-electron chi connectivity index (χ0n) is 45.5.